The lowest BCUT2D eigenvalue weighted by atomic mass is 9.97. The summed E-state index contributed by atoms with van der Waals surface area (Å²) in [5.74, 6) is 0.315. The minimum atomic E-state index is -0.338. The molecule has 1 N–H and O–H groups in total. The quantitative estimate of drug-likeness (QED) is 0.891. The zero-order chi connectivity index (χ0) is 17.1. The van der Waals surface area contributed by atoms with Gasteiger partial charge in [-0.3, -0.25) is 4.79 Å². The summed E-state index contributed by atoms with van der Waals surface area (Å²) in [6.07, 6.45) is 2.11. The normalized spacial score (nSPS) is 19.5. The monoisotopic (exact) mass is 336 g/mol. The number of benzene rings is 1. The number of piperidine rings is 1. The number of anilines is 1. The Morgan fingerprint density at radius 2 is 2.04 bits per heavy atom. The number of aliphatic hydroxyl groups excluding tert-OH is 1. The van der Waals surface area contributed by atoms with Crippen molar-refractivity contribution in [1.29, 1.82) is 0 Å². The molecule has 2 saturated heterocycles. The highest BCUT2D eigenvalue weighted by atomic mass is 19.1. The van der Waals surface area contributed by atoms with Crippen molar-refractivity contribution in [3.63, 3.8) is 0 Å². The number of amides is 1. The van der Waals surface area contributed by atoms with E-state index in [2.05, 4.69) is 0 Å². The predicted octanol–water partition coefficient (Wildman–Crippen LogP) is 1.78. The molecule has 0 atom stereocenters. The van der Waals surface area contributed by atoms with Crippen LogP contribution in [0, 0.1) is 11.7 Å². The average Bonchev–Trinajstić information content (AvgIpc) is 2.55. The van der Waals surface area contributed by atoms with E-state index in [1.807, 2.05) is 9.80 Å². The molecule has 2 aliphatic heterocycles. The molecule has 1 aromatic rings. The van der Waals surface area contributed by atoms with Gasteiger partial charge < -0.3 is 19.6 Å². The van der Waals surface area contributed by atoms with Crippen LogP contribution in [-0.4, -0.2) is 54.8 Å². The number of hydrogen-bond acceptors (Lipinski definition) is 4. The molecule has 6 heteroatoms. The second-order valence-electron chi connectivity index (χ2n) is 6.72. The molecule has 2 aliphatic rings. The van der Waals surface area contributed by atoms with Crippen LogP contribution < -0.4 is 4.90 Å². The summed E-state index contributed by atoms with van der Waals surface area (Å²) in [4.78, 5) is 15.1. The van der Waals surface area contributed by atoms with Gasteiger partial charge in [0.1, 0.15) is 0 Å². The fourth-order valence-electron chi connectivity index (χ4n) is 3.36. The van der Waals surface area contributed by atoms with Gasteiger partial charge in [-0.05, 0) is 24.8 Å². The van der Waals surface area contributed by atoms with Gasteiger partial charge >= 0.3 is 0 Å². The van der Waals surface area contributed by atoms with E-state index >= 15 is 0 Å². The van der Waals surface area contributed by atoms with Gasteiger partial charge in [-0.2, -0.15) is 0 Å². The van der Waals surface area contributed by atoms with Crippen LogP contribution in [0.4, 0.5) is 10.1 Å². The lowest BCUT2D eigenvalue weighted by molar-refractivity contribution is -0.130. The molecule has 1 aromatic carbocycles. The third kappa shape index (κ3) is 3.70. The van der Waals surface area contributed by atoms with Gasteiger partial charge in [-0.25, -0.2) is 4.39 Å². The van der Waals surface area contributed by atoms with E-state index in [-0.39, 0.29) is 24.4 Å². The van der Waals surface area contributed by atoms with Gasteiger partial charge in [0, 0.05) is 38.7 Å². The zero-order valence-corrected chi connectivity index (χ0v) is 14.1. The number of likely N-dealkylation sites (tertiary alicyclic amines) is 1. The number of halogens is 1. The molecule has 1 amide bonds. The lowest BCUT2D eigenvalue weighted by Crippen LogP contribution is -2.53. The molecule has 2 heterocycles. The van der Waals surface area contributed by atoms with Crippen molar-refractivity contribution in [2.75, 3.05) is 37.7 Å². The number of ether oxygens (including phenoxy) is 1. The summed E-state index contributed by atoms with van der Waals surface area (Å²) in [5, 5.41) is 9.14. The first-order valence-electron chi connectivity index (χ1n) is 8.58. The van der Waals surface area contributed by atoms with Crippen molar-refractivity contribution in [2.45, 2.75) is 32.5 Å². The molecule has 5 nitrogen and oxygen atoms in total. The largest absolute Gasteiger partial charge is 0.392 e. The summed E-state index contributed by atoms with van der Waals surface area (Å²) in [7, 11) is 0. The van der Waals surface area contributed by atoms with E-state index in [0.717, 1.165) is 25.9 Å². The number of carbonyl (C=O) groups excluding carboxylic acids is 1. The molecule has 0 aliphatic carbocycles. The topological polar surface area (TPSA) is 53.0 Å². The molecule has 24 heavy (non-hydrogen) atoms. The van der Waals surface area contributed by atoms with Crippen LogP contribution in [0.15, 0.2) is 18.2 Å². The van der Waals surface area contributed by atoms with Crippen molar-refractivity contribution in [2.24, 2.45) is 5.92 Å². The van der Waals surface area contributed by atoms with Gasteiger partial charge in [0.15, 0.2) is 5.82 Å². The summed E-state index contributed by atoms with van der Waals surface area (Å²) in [6, 6.07) is 5.10. The second-order valence-corrected chi connectivity index (χ2v) is 6.72. The predicted molar refractivity (Wildman–Crippen MR) is 89.3 cm³/mol. The van der Waals surface area contributed by atoms with E-state index in [1.165, 1.54) is 0 Å². The number of hydrogen-bond donors (Lipinski definition) is 1. The molecule has 0 spiro atoms. The van der Waals surface area contributed by atoms with Crippen LogP contribution in [0.3, 0.4) is 0 Å². The van der Waals surface area contributed by atoms with Gasteiger partial charge in [0.2, 0.25) is 5.91 Å². The van der Waals surface area contributed by atoms with Crippen LogP contribution in [0.2, 0.25) is 0 Å². The first kappa shape index (κ1) is 17.2. The zero-order valence-electron chi connectivity index (χ0n) is 14.1. The van der Waals surface area contributed by atoms with Crippen molar-refractivity contribution in [1.82, 2.24) is 4.90 Å². The van der Waals surface area contributed by atoms with Crippen molar-refractivity contribution < 1.29 is 19.0 Å². The smallest absolute Gasteiger partial charge is 0.219 e. The van der Waals surface area contributed by atoms with Crippen LogP contribution in [-0.2, 0) is 16.1 Å². The first-order valence-corrected chi connectivity index (χ1v) is 8.58. The molecule has 0 saturated carbocycles. The Morgan fingerprint density at radius 3 is 2.67 bits per heavy atom. The molecule has 0 unspecified atom stereocenters. The Hall–Kier alpha value is -1.66. The highest BCUT2D eigenvalue weighted by Gasteiger charge is 2.31. The van der Waals surface area contributed by atoms with E-state index in [0.29, 0.717) is 36.9 Å². The number of carbonyl (C=O) groups is 1. The molecular formula is C18H25FN2O3. The Balaban J connectivity index is 1.41. The maximum atomic E-state index is 14.2. The number of rotatable bonds is 5. The molecule has 0 radical (unpaired) electrons. The van der Waals surface area contributed by atoms with Gasteiger partial charge in [0.25, 0.3) is 0 Å². The molecule has 3 rings (SSSR count). The maximum absolute atomic E-state index is 14.2. The Morgan fingerprint density at radius 1 is 1.33 bits per heavy atom. The molecule has 0 bridgehead atoms. The average molecular weight is 336 g/mol. The van der Waals surface area contributed by atoms with Crippen LogP contribution in [0.5, 0.6) is 0 Å². The second kappa shape index (κ2) is 7.49. The number of nitrogens with zero attached hydrogens (tertiary/aromatic N) is 2. The standard InChI is InChI=1S/C18H25FN2O3/c1-13(23)20-7-5-14(6-8-20)12-24-16-9-21(10-16)17-4-2-3-15(11-22)18(17)19/h2-4,14,16,22H,5-12H2,1H3. The van der Waals surface area contributed by atoms with Crippen molar-refractivity contribution in [3.05, 3.63) is 29.6 Å². The van der Waals surface area contributed by atoms with Crippen molar-refractivity contribution >= 4 is 11.6 Å². The van der Waals surface area contributed by atoms with E-state index in [1.54, 1.807) is 25.1 Å². The molecular weight excluding hydrogens is 311 g/mol. The van der Waals surface area contributed by atoms with Crippen molar-refractivity contribution in [3.8, 4) is 0 Å². The Bertz CT molecular complexity index is 582. The molecule has 2 fully saturated rings. The highest BCUT2D eigenvalue weighted by Crippen LogP contribution is 2.28. The highest BCUT2D eigenvalue weighted by molar-refractivity contribution is 5.73. The number of aliphatic hydroxyl groups is 1. The van der Waals surface area contributed by atoms with E-state index < -0.39 is 0 Å². The SMILES string of the molecule is CC(=O)N1CCC(COC2CN(c3cccc(CO)c3F)C2)CC1. The van der Waals surface area contributed by atoms with Gasteiger partial charge in [-0.1, -0.05) is 12.1 Å². The summed E-state index contributed by atoms with van der Waals surface area (Å²) < 4.78 is 20.1. The van der Waals surface area contributed by atoms with E-state index in [9.17, 15) is 9.18 Å². The molecule has 0 aromatic heterocycles. The minimum absolute atomic E-state index is 0.132. The Kier molecular flexibility index (Phi) is 5.36. The first-order chi connectivity index (χ1) is 11.6. The lowest BCUT2D eigenvalue weighted by Gasteiger charge is -2.42. The van der Waals surface area contributed by atoms with Crippen LogP contribution in [0.1, 0.15) is 25.3 Å². The van der Waals surface area contributed by atoms with Gasteiger partial charge in [0.05, 0.1) is 25.0 Å². The minimum Gasteiger partial charge on any atom is -0.392 e. The summed E-state index contributed by atoms with van der Waals surface area (Å²) in [6.45, 7) is 5.04. The van der Waals surface area contributed by atoms with E-state index in [4.69, 9.17) is 9.84 Å². The third-order valence-corrected chi connectivity index (χ3v) is 5.04. The summed E-state index contributed by atoms with van der Waals surface area (Å²) >= 11 is 0. The maximum Gasteiger partial charge on any atom is 0.219 e. The fraction of sp³-hybridized carbons (Fsp3) is 0.611. The van der Waals surface area contributed by atoms with Crippen LogP contribution in [0.25, 0.3) is 0 Å². The summed E-state index contributed by atoms with van der Waals surface area (Å²) in [5.41, 5.74) is 0.866. The Labute approximate surface area is 142 Å². The third-order valence-electron chi connectivity index (χ3n) is 5.04. The fourth-order valence-corrected chi connectivity index (χ4v) is 3.36. The van der Waals surface area contributed by atoms with Gasteiger partial charge in [-0.15, -0.1) is 0 Å². The van der Waals surface area contributed by atoms with Crippen LogP contribution >= 0.6 is 0 Å². The molecule has 132 valence electrons.